The third kappa shape index (κ3) is 2.84. The highest BCUT2D eigenvalue weighted by atomic mass is 16.1. The topological polar surface area (TPSA) is 70.9 Å². The Kier molecular flexibility index (Phi) is 3.99. The standard InChI is InChI=1S/C15H25N3O/c1-10-13(16)5-4-12(15(10,2)3)14(19)18-9-11-6-7-17-8-11/h6-8,10,12-13,17H,4-5,9,16H2,1-3H3,(H,18,19). The van der Waals surface area contributed by atoms with Gasteiger partial charge in [0.2, 0.25) is 5.91 Å². The van der Waals surface area contributed by atoms with E-state index in [-0.39, 0.29) is 23.3 Å². The molecule has 19 heavy (non-hydrogen) atoms. The lowest BCUT2D eigenvalue weighted by Gasteiger charge is -2.46. The van der Waals surface area contributed by atoms with E-state index in [1.54, 1.807) is 0 Å². The van der Waals surface area contributed by atoms with Crippen molar-refractivity contribution >= 4 is 5.91 Å². The van der Waals surface area contributed by atoms with Crippen molar-refractivity contribution in [2.45, 2.75) is 46.2 Å². The van der Waals surface area contributed by atoms with Gasteiger partial charge >= 0.3 is 0 Å². The molecule has 3 atom stereocenters. The molecule has 1 heterocycles. The molecule has 4 N–H and O–H groups in total. The number of hydrogen-bond donors (Lipinski definition) is 3. The maximum Gasteiger partial charge on any atom is 0.223 e. The van der Waals surface area contributed by atoms with Crippen molar-refractivity contribution in [2.75, 3.05) is 0 Å². The Labute approximate surface area is 115 Å². The van der Waals surface area contributed by atoms with Crippen LogP contribution in [0.3, 0.4) is 0 Å². The molecule has 1 aromatic rings. The normalized spacial score (nSPS) is 30.0. The molecule has 2 rings (SSSR count). The second kappa shape index (κ2) is 5.37. The van der Waals surface area contributed by atoms with Gasteiger partial charge in [-0.2, -0.15) is 0 Å². The summed E-state index contributed by atoms with van der Waals surface area (Å²) in [6.07, 6.45) is 5.60. The van der Waals surface area contributed by atoms with E-state index in [4.69, 9.17) is 5.73 Å². The molecular weight excluding hydrogens is 238 g/mol. The van der Waals surface area contributed by atoms with E-state index in [2.05, 4.69) is 31.1 Å². The summed E-state index contributed by atoms with van der Waals surface area (Å²) in [7, 11) is 0. The summed E-state index contributed by atoms with van der Waals surface area (Å²) in [6.45, 7) is 7.08. The van der Waals surface area contributed by atoms with Gasteiger partial charge in [0.1, 0.15) is 0 Å². The van der Waals surface area contributed by atoms with Gasteiger partial charge in [0.15, 0.2) is 0 Å². The fourth-order valence-corrected chi connectivity index (χ4v) is 3.10. The van der Waals surface area contributed by atoms with Crippen LogP contribution in [0.5, 0.6) is 0 Å². The van der Waals surface area contributed by atoms with E-state index in [9.17, 15) is 4.79 Å². The fraction of sp³-hybridized carbons (Fsp3) is 0.667. The molecule has 0 aromatic carbocycles. The minimum Gasteiger partial charge on any atom is -0.367 e. The van der Waals surface area contributed by atoms with Crippen LogP contribution >= 0.6 is 0 Å². The van der Waals surface area contributed by atoms with Gasteiger partial charge in [0, 0.05) is 30.9 Å². The lowest BCUT2D eigenvalue weighted by molar-refractivity contribution is -0.132. The highest BCUT2D eigenvalue weighted by Gasteiger charge is 2.44. The van der Waals surface area contributed by atoms with Crippen molar-refractivity contribution in [2.24, 2.45) is 23.0 Å². The van der Waals surface area contributed by atoms with Crippen LogP contribution in [0.1, 0.15) is 39.2 Å². The smallest absolute Gasteiger partial charge is 0.223 e. The van der Waals surface area contributed by atoms with Crippen LogP contribution in [-0.2, 0) is 11.3 Å². The van der Waals surface area contributed by atoms with Gasteiger partial charge in [-0.25, -0.2) is 0 Å². The second-order valence-corrected chi connectivity index (χ2v) is 6.34. The van der Waals surface area contributed by atoms with Crippen LogP contribution in [0.4, 0.5) is 0 Å². The monoisotopic (exact) mass is 263 g/mol. The zero-order valence-electron chi connectivity index (χ0n) is 12.1. The summed E-state index contributed by atoms with van der Waals surface area (Å²) in [4.78, 5) is 15.4. The van der Waals surface area contributed by atoms with Gasteiger partial charge in [0.25, 0.3) is 0 Å². The van der Waals surface area contributed by atoms with Gasteiger partial charge < -0.3 is 16.0 Å². The van der Waals surface area contributed by atoms with E-state index in [0.717, 1.165) is 18.4 Å². The van der Waals surface area contributed by atoms with Crippen LogP contribution in [0.25, 0.3) is 0 Å². The molecule has 1 fully saturated rings. The van der Waals surface area contributed by atoms with Crippen LogP contribution in [0.2, 0.25) is 0 Å². The van der Waals surface area contributed by atoms with Gasteiger partial charge in [-0.1, -0.05) is 20.8 Å². The number of carbonyl (C=O) groups excluding carboxylic acids is 1. The van der Waals surface area contributed by atoms with Crippen LogP contribution in [0, 0.1) is 17.3 Å². The van der Waals surface area contributed by atoms with Gasteiger partial charge in [-0.3, -0.25) is 4.79 Å². The molecule has 4 heteroatoms. The van der Waals surface area contributed by atoms with Crippen molar-refractivity contribution in [1.82, 2.24) is 10.3 Å². The minimum absolute atomic E-state index is 0.0418. The molecule has 1 aliphatic rings. The maximum absolute atomic E-state index is 12.4. The summed E-state index contributed by atoms with van der Waals surface area (Å²) in [6, 6.07) is 2.19. The number of carbonyl (C=O) groups is 1. The SMILES string of the molecule is CC1C(N)CCC(C(=O)NCc2cc[nH]c2)C1(C)C. The summed E-state index contributed by atoms with van der Waals surface area (Å²) in [5.41, 5.74) is 7.19. The van der Waals surface area contributed by atoms with Gasteiger partial charge in [0.05, 0.1) is 0 Å². The molecule has 0 radical (unpaired) electrons. The molecular formula is C15H25N3O. The zero-order valence-corrected chi connectivity index (χ0v) is 12.1. The van der Waals surface area contributed by atoms with Gasteiger partial charge in [-0.15, -0.1) is 0 Å². The molecule has 106 valence electrons. The Bertz CT molecular complexity index is 425. The fourth-order valence-electron chi connectivity index (χ4n) is 3.10. The first-order valence-electron chi connectivity index (χ1n) is 7.08. The Morgan fingerprint density at radius 2 is 2.26 bits per heavy atom. The third-order valence-electron chi connectivity index (χ3n) is 4.95. The maximum atomic E-state index is 12.4. The number of nitrogens with one attached hydrogen (secondary N) is 2. The molecule has 0 spiro atoms. The molecule has 0 bridgehead atoms. The Morgan fingerprint density at radius 3 is 2.89 bits per heavy atom. The number of H-pyrrole nitrogens is 1. The first kappa shape index (κ1) is 14.1. The number of rotatable bonds is 3. The summed E-state index contributed by atoms with van der Waals surface area (Å²) < 4.78 is 0. The first-order valence-corrected chi connectivity index (χ1v) is 7.08. The Morgan fingerprint density at radius 1 is 1.53 bits per heavy atom. The van der Waals surface area contributed by atoms with Crippen LogP contribution < -0.4 is 11.1 Å². The van der Waals surface area contributed by atoms with E-state index in [0.29, 0.717) is 12.5 Å². The molecule has 3 unspecified atom stereocenters. The zero-order chi connectivity index (χ0) is 14.0. The van der Waals surface area contributed by atoms with Crippen molar-refractivity contribution < 1.29 is 4.79 Å². The Hall–Kier alpha value is -1.29. The quantitative estimate of drug-likeness (QED) is 0.781. The third-order valence-corrected chi connectivity index (χ3v) is 4.95. The summed E-state index contributed by atoms with van der Waals surface area (Å²) in [5, 5.41) is 3.05. The van der Waals surface area contributed by atoms with E-state index in [1.807, 2.05) is 18.5 Å². The van der Waals surface area contributed by atoms with Crippen LogP contribution in [-0.4, -0.2) is 16.9 Å². The summed E-state index contributed by atoms with van der Waals surface area (Å²) >= 11 is 0. The summed E-state index contributed by atoms with van der Waals surface area (Å²) in [5.74, 6) is 0.579. The van der Waals surface area contributed by atoms with Crippen molar-refractivity contribution in [3.05, 3.63) is 24.0 Å². The second-order valence-electron chi connectivity index (χ2n) is 6.34. The minimum atomic E-state index is -0.0418. The van der Waals surface area contributed by atoms with Crippen molar-refractivity contribution in [3.63, 3.8) is 0 Å². The number of aromatic nitrogens is 1. The molecule has 0 saturated heterocycles. The number of amides is 1. The lowest BCUT2D eigenvalue weighted by atomic mass is 9.61. The van der Waals surface area contributed by atoms with Crippen molar-refractivity contribution in [1.29, 1.82) is 0 Å². The van der Waals surface area contributed by atoms with Crippen LogP contribution in [0.15, 0.2) is 18.5 Å². The van der Waals surface area contributed by atoms with E-state index in [1.165, 1.54) is 0 Å². The lowest BCUT2D eigenvalue weighted by Crippen LogP contribution is -2.51. The highest BCUT2D eigenvalue weighted by Crippen LogP contribution is 2.44. The average molecular weight is 263 g/mol. The number of aromatic amines is 1. The van der Waals surface area contributed by atoms with Gasteiger partial charge in [-0.05, 0) is 35.8 Å². The molecule has 1 aliphatic carbocycles. The number of hydrogen-bond acceptors (Lipinski definition) is 2. The highest BCUT2D eigenvalue weighted by molar-refractivity contribution is 5.79. The number of nitrogens with two attached hydrogens (primary N) is 1. The van der Waals surface area contributed by atoms with E-state index < -0.39 is 0 Å². The molecule has 1 aromatic heterocycles. The predicted octanol–water partition coefficient (Wildman–Crippen LogP) is 2.03. The average Bonchev–Trinajstić information content (AvgIpc) is 2.86. The van der Waals surface area contributed by atoms with E-state index >= 15 is 0 Å². The first-order chi connectivity index (χ1) is 8.93. The largest absolute Gasteiger partial charge is 0.367 e. The molecule has 4 nitrogen and oxygen atoms in total. The predicted molar refractivity (Wildman–Crippen MR) is 76.3 cm³/mol. The molecule has 1 amide bonds. The Balaban J connectivity index is 1.98. The van der Waals surface area contributed by atoms with Crippen molar-refractivity contribution in [3.8, 4) is 0 Å². The molecule has 0 aliphatic heterocycles. The molecule has 1 saturated carbocycles.